The molecule has 1 saturated heterocycles. The molecule has 0 aromatic heterocycles. The summed E-state index contributed by atoms with van der Waals surface area (Å²) in [6, 6.07) is 6.76. The van der Waals surface area contributed by atoms with E-state index in [1.54, 1.807) is 18.2 Å². The molecule has 2 atom stereocenters. The molecule has 0 spiro atoms. The summed E-state index contributed by atoms with van der Waals surface area (Å²) in [4.78, 5) is 24.8. The maximum atomic E-state index is 12.2. The Morgan fingerprint density at radius 1 is 1.43 bits per heavy atom. The van der Waals surface area contributed by atoms with Crippen molar-refractivity contribution in [3.05, 3.63) is 29.3 Å². The average molecular weight is 287 g/mol. The minimum atomic E-state index is -0.875. The number of benzene rings is 1. The van der Waals surface area contributed by atoms with Crippen LogP contribution in [-0.4, -0.2) is 35.1 Å². The van der Waals surface area contributed by atoms with Crippen LogP contribution in [0.25, 0.3) is 0 Å². The van der Waals surface area contributed by atoms with Crippen LogP contribution < -0.4 is 5.32 Å². The molecule has 1 aromatic rings. The maximum absolute atomic E-state index is 12.2. The number of carbonyl (C=O) groups is 2. The lowest BCUT2D eigenvalue weighted by atomic mass is 9.99. The van der Waals surface area contributed by atoms with Crippen molar-refractivity contribution in [3.8, 4) is 6.07 Å². The number of carbonyl (C=O) groups excluding carboxylic acids is 1. The van der Waals surface area contributed by atoms with E-state index in [0.29, 0.717) is 17.8 Å². The van der Waals surface area contributed by atoms with Crippen molar-refractivity contribution in [2.75, 3.05) is 18.4 Å². The van der Waals surface area contributed by atoms with E-state index in [2.05, 4.69) is 5.32 Å². The summed E-state index contributed by atoms with van der Waals surface area (Å²) in [5.41, 5.74) is 1.89. The van der Waals surface area contributed by atoms with Gasteiger partial charge in [-0.1, -0.05) is 13.0 Å². The number of nitrogens with one attached hydrogen (secondary N) is 1. The highest BCUT2D eigenvalue weighted by Crippen LogP contribution is 2.24. The third-order valence-electron chi connectivity index (χ3n) is 3.83. The number of carboxylic acids is 1. The number of urea groups is 1. The molecule has 1 aliphatic rings. The first-order valence-corrected chi connectivity index (χ1v) is 6.72. The molecule has 110 valence electrons. The minimum Gasteiger partial charge on any atom is -0.481 e. The fourth-order valence-corrected chi connectivity index (χ4v) is 2.47. The molecule has 2 rings (SSSR count). The Hall–Kier alpha value is -2.55. The first-order valence-electron chi connectivity index (χ1n) is 6.72. The number of carboxylic acid groups (broad SMARTS) is 1. The van der Waals surface area contributed by atoms with Crippen LogP contribution in [-0.2, 0) is 4.79 Å². The Labute approximate surface area is 123 Å². The second-order valence-electron chi connectivity index (χ2n) is 5.40. The van der Waals surface area contributed by atoms with Crippen LogP contribution in [0.5, 0.6) is 0 Å². The summed E-state index contributed by atoms with van der Waals surface area (Å²) < 4.78 is 0. The van der Waals surface area contributed by atoms with Gasteiger partial charge in [0, 0.05) is 18.8 Å². The zero-order chi connectivity index (χ0) is 15.6. The fraction of sp³-hybridized carbons (Fsp3) is 0.400. The molecule has 6 nitrogen and oxygen atoms in total. The lowest BCUT2D eigenvalue weighted by molar-refractivity contribution is -0.142. The summed E-state index contributed by atoms with van der Waals surface area (Å²) in [6.45, 7) is 4.29. The van der Waals surface area contributed by atoms with Crippen molar-refractivity contribution >= 4 is 17.7 Å². The van der Waals surface area contributed by atoms with Gasteiger partial charge in [0.25, 0.3) is 0 Å². The van der Waals surface area contributed by atoms with Crippen molar-refractivity contribution in [1.82, 2.24) is 4.90 Å². The Kier molecular flexibility index (Phi) is 4.13. The minimum absolute atomic E-state index is 0.0696. The quantitative estimate of drug-likeness (QED) is 0.870. The van der Waals surface area contributed by atoms with Gasteiger partial charge in [0.15, 0.2) is 0 Å². The number of nitriles is 1. The number of hydrogen-bond acceptors (Lipinski definition) is 3. The highest BCUT2D eigenvalue weighted by molar-refractivity contribution is 5.91. The van der Waals surface area contributed by atoms with Crippen LogP contribution in [0.1, 0.15) is 18.1 Å². The van der Waals surface area contributed by atoms with Gasteiger partial charge in [-0.2, -0.15) is 5.26 Å². The van der Waals surface area contributed by atoms with Gasteiger partial charge in [-0.25, -0.2) is 4.79 Å². The molecular weight excluding hydrogens is 270 g/mol. The molecular formula is C15H17N3O3. The van der Waals surface area contributed by atoms with Crippen LogP contribution >= 0.6 is 0 Å². The standard InChI is InChI=1S/C15H17N3O3/c1-9-3-4-11(6-16)5-13(9)17-15(21)18-7-10(2)12(8-18)14(19)20/h3-5,10,12H,7-8H2,1-2H3,(H,17,21)(H,19,20). The molecule has 2 N–H and O–H groups in total. The maximum Gasteiger partial charge on any atom is 0.321 e. The van der Waals surface area contributed by atoms with Crippen LogP contribution in [0.15, 0.2) is 18.2 Å². The second-order valence-corrected chi connectivity index (χ2v) is 5.40. The van der Waals surface area contributed by atoms with Gasteiger partial charge in [0.1, 0.15) is 0 Å². The van der Waals surface area contributed by atoms with E-state index >= 15 is 0 Å². The van der Waals surface area contributed by atoms with Gasteiger partial charge < -0.3 is 15.3 Å². The van der Waals surface area contributed by atoms with Gasteiger partial charge >= 0.3 is 12.0 Å². The molecule has 1 heterocycles. The van der Waals surface area contributed by atoms with Gasteiger partial charge in [-0.05, 0) is 30.5 Å². The van der Waals surface area contributed by atoms with Crippen LogP contribution in [0.4, 0.5) is 10.5 Å². The fourth-order valence-electron chi connectivity index (χ4n) is 2.47. The molecule has 0 bridgehead atoms. The van der Waals surface area contributed by atoms with Crippen molar-refractivity contribution in [1.29, 1.82) is 5.26 Å². The second kappa shape index (κ2) is 5.83. The topological polar surface area (TPSA) is 93.4 Å². The first kappa shape index (κ1) is 14.9. The number of aliphatic carboxylic acids is 1. The number of rotatable bonds is 2. The van der Waals surface area contributed by atoms with Gasteiger partial charge in [-0.15, -0.1) is 0 Å². The highest BCUT2D eigenvalue weighted by atomic mass is 16.4. The van der Waals surface area contributed by atoms with E-state index in [9.17, 15) is 9.59 Å². The summed E-state index contributed by atoms with van der Waals surface area (Å²) >= 11 is 0. The molecule has 0 radical (unpaired) electrons. The lowest BCUT2D eigenvalue weighted by Crippen LogP contribution is -2.34. The molecule has 1 fully saturated rings. The normalized spacial score (nSPS) is 20.9. The van der Waals surface area contributed by atoms with Gasteiger partial charge in [0.2, 0.25) is 0 Å². The summed E-state index contributed by atoms with van der Waals surface area (Å²) in [7, 11) is 0. The molecule has 1 aromatic carbocycles. The Balaban J connectivity index is 2.09. The Morgan fingerprint density at radius 3 is 2.71 bits per heavy atom. The largest absolute Gasteiger partial charge is 0.481 e. The molecule has 21 heavy (non-hydrogen) atoms. The van der Waals surface area contributed by atoms with Crippen LogP contribution in [0, 0.1) is 30.1 Å². The van der Waals surface area contributed by atoms with Crippen molar-refractivity contribution in [3.63, 3.8) is 0 Å². The molecule has 2 unspecified atom stereocenters. The van der Waals surface area contributed by atoms with E-state index in [0.717, 1.165) is 5.56 Å². The smallest absolute Gasteiger partial charge is 0.321 e. The van der Waals surface area contributed by atoms with E-state index in [4.69, 9.17) is 10.4 Å². The summed E-state index contributed by atoms with van der Waals surface area (Å²) in [5, 5.41) is 20.7. The van der Waals surface area contributed by atoms with E-state index < -0.39 is 11.9 Å². The molecule has 0 aliphatic carbocycles. The van der Waals surface area contributed by atoms with Crippen LogP contribution in [0.2, 0.25) is 0 Å². The third-order valence-corrected chi connectivity index (χ3v) is 3.83. The average Bonchev–Trinajstić information content (AvgIpc) is 2.83. The Bertz CT molecular complexity index is 621. The predicted molar refractivity (Wildman–Crippen MR) is 76.8 cm³/mol. The highest BCUT2D eigenvalue weighted by Gasteiger charge is 2.37. The summed E-state index contributed by atoms with van der Waals surface area (Å²) in [5.74, 6) is -1.47. The van der Waals surface area contributed by atoms with E-state index in [-0.39, 0.29) is 18.5 Å². The number of hydrogen-bond donors (Lipinski definition) is 2. The Morgan fingerprint density at radius 2 is 2.14 bits per heavy atom. The third kappa shape index (κ3) is 3.14. The van der Waals surface area contributed by atoms with Crippen molar-refractivity contribution in [2.45, 2.75) is 13.8 Å². The monoisotopic (exact) mass is 287 g/mol. The number of likely N-dealkylation sites (tertiary alicyclic amines) is 1. The SMILES string of the molecule is Cc1ccc(C#N)cc1NC(=O)N1CC(C)C(C(=O)O)C1. The number of amides is 2. The lowest BCUT2D eigenvalue weighted by Gasteiger charge is -2.18. The van der Waals surface area contributed by atoms with Gasteiger partial charge in [0.05, 0.1) is 17.6 Å². The van der Waals surface area contributed by atoms with Crippen molar-refractivity contribution < 1.29 is 14.7 Å². The first-order chi connectivity index (χ1) is 9.92. The molecule has 0 saturated carbocycles. The van der Waals surface area contributed by atoms with Crippen molar-refractivity contribution in [2.24, 2.45) is 11.8 Å². The molecule has 6 heteroatoms. The van der Waals surface area contributed by atoms with E-state index in [1.807, 2.05) is 19.9 Å². The molecule has 1 aliphatic heterocycles. The van der Waals surface area contributed by atoms with Gasteiger partial charge in [-0.3, -0.25) is 4.79 Å². The zero-order valence-corrected chi connectivity index (χ0v) is 12.0. The zero-order valence-electron chi connectivity index (χ0n) is 12.0. The van der Waals surface area contributed by atoms with Crippen LogP contribution in [0.3, 0.4) is 0 Å². The predicted octanol–water partition coefficient (Wildman–Crippen LogP) is 2.05. The van der Waals surface area contributed by atoms with E-state index in [1.165, 1.54) is 4.90 Å². The number of anilines is 1. The number of aryl methyl sites for hydroxylation is 1. The summed E-state index contributed by atoms with van der Waals surface area (Å²) in [6.07, 6.45) is 0. The number of nitrogens with zero attached hydrogens (tertiary/aromatic N) is 2. The molecule has 2 amide bonds.